The van der Waals surface area contributed by atoms with Crippen molar-refractivity contribution in [2.45, 2.75) is 51.5 Å². The van der Waals surface area contributed by atoms with Gasteiger partial charge in [0, 0.05) is 18.4 Å². The van der Waals surface area contributed by atoms with Crippen LogP contribution in [0.2, 0.25) is 0 Å². The van der Waals surface area contributed by atoms with Crippen molar-refractivity contribution in [3.63, 3.8) is 0 Å². The molecule has 3 atom stereocenters. The molecule has 1 fully saturated rings. The number of benzene rings is 1. The molecule has 1 saturated carbocycles. The fourth-order valence-corrected chi connectivity index (χ4v) is 3.31. The Morgan fingerprint density at radius 3 is 2.63 bits per heavy atom. The molecule has 0 radical (unpaired) electrons. The third-order valence-electron chi connectivity index (χ3n) is 4.50. The van der Waals surface area contributed by atoms with Gasteiger partial charge in [0.15, 0.2) is 0 Å². The SMILES string of the molecule is CCC1CCCCC1C(=O)CC(N)c1ccccc1. The summed E-state index contributed by atoms with van der Waals surface area (Å²) in [5, 5.41) is 0. The maximum atomic E-state index is 12.5. The summed E-state index contributed by atoms with van der Waals surface area (Å²) in [5.74, 6) is 1.22. The molecule has 2 nitrogen and oxygen atoms in total. The van der Waals surface area contributed by atoms with E-state index >= 15 is 0 Å². The number of hydrogen-bond acceptors (Lipinski definition) is 2. The van der Waals surface area contributed by atoms with E-state index in [4.69, 9.17) is 5.73 Å². The van der Waals surface area contributed by atoms with Crippen molar-refractivity contribution in [3.05, 3.63) is 35.9 Å². The van der Waals surface area contributed by atoms with Gasteiger partial charge in [0.1, 0.15) is 5.78 Å². The molecule has 0 bridgehead atoms. The molecular formula is C17H25NO. The molecule has 1 aromatic rings. The number of carbonyl (C=O) groups is 1. The molecule has 1 aliphatic rings. The molecule has 3 unspecified atom stereocenters. The smallest absolute Gasteiger partial charge is 0.138 e. The Morgan fingerprint density at radius 1 is 1.26 bits per heavy atom. The average molecular weight is 259 g/mol. The van der Waals surface area contributed by atoms with Crippen molar-refractivity contribution >= 4 is 5.78 Å². The molecule has 0 spiro atoms. The highest BCUT2D eigenvalue weighted by Crippen LogP contribution is 2.34. The van der Waals surface area contributed by atoms with Gasteiger partial charge in [-0.25, -0.2) is 0 Å². The average Bonchev–Trinajstić information content (AvgIpc) is 2.48. The van der Waals surface area contributed by atoms with Crippen molar-refractivity contribution in [2.24, 2.45) is 17.6 Å². The molecule has 1 aliphatic carbocycles. The summed E-state index contributed by atoms with van der Waals surface area (Å²) in [6.07, 6.45) is 6.38. The predicted molar refractivity (Wildman–Crippen MR) is 78.7 cm³/mol. The Kier molecular flexibility index (Phi) is 5.15. The van der Waals surface area contributed by atoms with E-state index in [1.165, 1.54) is 19.3 Å². The summed E-state index contributed by atoms with van der Waals surface area (Å²) in [7, 11) is 0. The van der Waals surface area contributed by atoms with Crippen molar-refractivity contribution in [3.8, 4) is 0 Å². The molecule has 0 heterocycles. The normalized spacial score (nSPS) is 24.9. The van der Waals surface area contributed by atoms with E-state index in [1.807, 2.05) is 30.3 Å². The monoisotopic (exact) mass is 259 g/mol. The van der Waals surface area contributed by atoms with Crippen LogP contribution in [0.4, 0.5) is 0 Å². The number of Topliss-reactive ketones (excluding diaryl/α,β-unsaturated/α-hetero) is 1. The summed E-state index contributed by atoms with van der Waals surface area (Å²) in [6.45, 7) is 2.20. The topological polar surface area (TPSA) is 43.1 Å². The van der Waals surface area contributed by atoms with E-state index in [1.54, 1.807) is 0 Å². The number of ketones is 1. The molecule has 2 rings (SSSR count). The lowest BCUT2D eigenvalue weighted by molar-refractivity contribution is -0.126. The van der Waals surface area contributed by atoms with Gasteiger partial charge in [-0.2, -0.15) is 0 Å². The summed E-state index contributed by atoms with van der Waals surface area (Å²) >= 11 is 0. The summed E-state index contributed by atoms with van der Waals surface area (Å²) in [4.78, 5) is 12.5. The van der Waals surface area contributed by atoms with Gasteiger partial charge in [0.05, 0.1) is 0 Å². The molecule has 1 aromatic carbocycles. The van der Waals surface area contributed by atoms with Gasteiger partial charge in [0.25, 0.3) is 0 Å². The van der Waals surface area contributed by atoms with Gasteiger partial charge in [-0.3, -0.25) is 4.79 Å². The van der Waals surface area contributed by atoms with E-state index in [0.29, 0.717) is 18.1 Å². The van der Waals surface area contributed by atoms with Crippen LogP contribution in [0.15, 0.2) is 30.3 Å². The van der Waals surface area contributed by atoms with Crippen LogP contribution in [0.25, 0.3) is 0 Å². The fourth-order valence-electron chi connectivity index (χ4n) is 3.31. The van der Waals surface area contributed by atoms with Crippen LogP contribution in [-0.4, -0.2) is 5.78 Å². The van der Waals surface area contributed by atoms with Crippen molar-refractivity contribution < 1.29 is 4.79 Å². The summed E-state index contributed by atoms with van der Waals surface area (Å²) < 4.78 is 0. The first-order chi connectivity index (χ1) is 9.22. The largest absolute Gasteiger partial charge is 0.324 e. The van der Waals surface area contributed by atoms with E-state index < -0.39 is 0 Å². The minimum atomic E-state index is -0.145. The first-order valence-electron chi connectivity index (χ1n) is 7.55. The molecule has 0 saturated heterocycles. The Balaban J connectivity index is 1.96. The summed E-state index contributed by atoms with van der Waals surface area (Å²) in [5.41, 5.74) is 7.24. The van der Waals surface area contributed by atoms with Crippen LogP contribution < -0.4 is 5.73 Å². The maximum absolute atomic E-state index is 12.5. The predicted octanol–water partition coefficient (Wildman–Crippen LogP) is 3.86. The third-order valence-corrected chi connectivity index (χ3v) is 4.50. The van der Waals surface area contributed by atoms with Gasteiger partial charge in [0.2, 0.25) is 0 Å². The Morgan fingerprint density at radius 2 is 1.95 bits per heavy atom. The second-order valence-electron chi connectivity index (χ2n) is 5.75. The second-order valence-corrected chi connectivity index (χ2v) is 5.75. The van der Waals surface area contributed by atoms with Crippen LogP contribution in [0.3, 0.4) is 0 Å². The highest BCUT2D eigenvalue weighted by atomic mass is 16.1. The van der Waals surface area contributed by atoms with Gasteiger partial charge < -0.3 is 5.73 Å². The van der Waals surface area contributed by atoms with Crippen LogP contribution in [-0.2, 0) is 4.79 Å². The second kappa shape index (κ2) is 6.85. The highest BCUT2D eigenvalue weighted by molar-refractivity contribution is 5.82. The zero-order chi connectivity index (χ0) is 13.7. The molecule has 0 amide bonds. The molecule has 2 heteroatoms. The number of rotatable bonds is 5. The minimum Gasteiger partial charge on any atom is -0.324 e. The molecule has 2 N–H and O–H groups in total. The zero-order valence-electron chi connectivity index (χ0n) is 11.8. The van der Waals surface area contributed by atoms with Crippen molar-refractivity contribution in [1.82, 2.24) is 0 Å². The van der Waals surface area contributed by atoms with Gasteiger partial charge >= 0.3 is 0 Å². The minimum absolute atomic E-state index is 0.145. The first kappa shape index (κ1) is 14.3. The third kappa shape index (κ3) is 3.66. The number of nitrogens with two attached hydrogens (primary N) is 1. The number of carbonyl (C=O) groups excluding carboxylic acids is 1. The molecule has 0 aromatic heterocycles. The molecule has 104 valence electrons. The summed E-state index contributed by atoms with van der Waals surface area (Å²) in [6, 6.07) is 9.82. The lowest BCUT2D eigenvalue weighted by Gasteiger charge is -2.30. The molecular weight excluding hydrogens is 234 g/mol. The standard InChI is InChI=1S/C17H25NO/c1-2-13-8-6-7-11-15(13)17(19)12-16(18)14-9-4-3-5-10-14/h3-5,9-10,13,15-16H,2,6-8,11-12,18H2,1H3. The number of hydrogen-bond donors (Lipinski definition) is 1. The Labute approximate surface area is 116 Å². The molecule has 0 aliphatic heterocycles. The van der Waals surface area contributed by atoms with E-state index in [0.717, 1.165) is 18.4 Å². The van der Waals surface area contributed by atoms with Crippen molar-refractivity contribution in [2.75, 3.05) is 0 Å². The van der Waals surface area contributed by atoms with Gasteiger partial charge in [-0.1, -0.05) is 56.5 Å². The van der Waals surface area contributed by atoms with Crippen LogP contribution in [0.5, 0.6) is 0 Å². The van der Waals surface area contributed by atoms with E-state index in [9.17, 15) is 4.79 Å². The highest BCUT2D eigenvalue weighted by Gasteiger charge is 2.30. The lowest BCUT2D eigenvalue weighted by Crippen LogP contribution is -2.29. The Bertz CT molecular complexity index is 401. The van der Waals surface area contributed by atoms with E-state index in [2.05, 4.69) is 6.92 Å². The Hall–Kier alpha value is -1.15. The maximum Gasteiger partial charge on any atom is 0.138 e. The van der Waals surface area contributed by atoms with Crippen LogP contribution in [0.1, 0.15) is 57.1 Å². The van der Waals surface area contributed by atoms with Gasteiger partial charge in [-0.15, -0.1) is 0 Å². The fraction of sp³-hybridized carbons (Fsp3) is 0.588. The molecule has 19 heavy (non-hydrogen) atoms. The zero-order valence-corrected chi connectivity index (χ0v) is 11.8. The van der Waals surface area contributed by atoms with Crippen LogP contribution in [0, 0.1) is 11.8 Å². The van der Waals surface area contributed by atoms with Crippen LogP contribution >= 0.6 is 0 Å². The lowest BCUT2D eigenvalue weighted by atomic mass is 9.74. The van der Waals surface area contributed by atoms with E-state index in [-0.39, 0.29) is 12.0 Å². The van der Waals surface area contributed by atoms with Crippen molar-refractivity contribution in [1.29, 1.82) is 0 Å². The first-order valence-corrected chi connectivity index (χ1v) is 7.55. The quantitative estimate of drug-likeness (QED) is 0.872. The van der Waals surface area contributed by atoms with Gasteiger partial charge in [-0.05, 0) is 24.3 Å².